The molecule has 1 heterocycles. The van der Waals surface area contributed by atoms with Crippen LogP contribution in [0.25, 0.3) is 33.3 Å². The lowest BCUT2D eigenvalue weighted by atomic mass is 10.1. The second-order valence-corrected chi connectivity index (χ2v) is 9.10. The van der Waals surface area contributed by atoms with Crippen molar-refractivity contribution in [3.63, 3.8) is 0 Å². The number of rotatable bonds is 6. The molecule has 0 saturated heterocycles. The Hall–Kier alpha value is -3.83. The van der Waals surface area contributed by atoms with Crippen LogP contribution in [0.3, 0.4) is 0 Å². The highest BCUT2D eigenvalue weighted by Crippen LogP contribution is 2.34. The molecule has 0 fully saturated rings. The number of aromatic amines is 1. The lowest BCUT2D eigenvalue weighted by molar-refractivity contribution is -0.115. The van der Waals surface area contributed by atoms with E-state index in [-0.39, 0.29) is 11.2 Å². The molecule has 1 atom stereocenters. The maximum Gasteiger partial charge on any atom is 0.237 e. The number of hydrogen-bond acceptors (Lipinski definition) is 3. The van der Waals surface area contributed by atoms with Crippen molar-refractivity contribution in [3.05, 3.63) is 103 Å². The summed E-state index contributed by atoms with van der Waals surface area (Å²) in [5.41, 5.74) is 4.74. The third-order valence-corrected chi connectivity index (χ3v) is 6.48. The van der Waals surface area contributed by atoms with Crippen LogP contribution >= 0.6 is 11.8 Å². The molecule has 4 aromatic carbocycles. The normalized spacial score (nSPS) is 11.9. The first-order valence-corrected chi connectivity index (χ1v) is 11.7. The lowest BCUT2D eigenvalue weighted by Crippen LogP contribution is -2.22. The summed E-state index contributed by atoms with van der Waals surface area (Å²) in [5.74, 6) is -0.0599. The van der Waals surface area contributed by atoms with Crippen LogP contribution in [0, 0.1) is 0 Å². The van der Waals surface area contributed by atoms with E-state index in [9.17, 15) is 4.79 Å². The van der Waals surface area contributed by atoms with Crippen LogP contribution in [-0.4, -0.2) is 21.1 Å². The van der Waals surface area contributed by atoms with Crippen molar-refractivity contribution in [2.45, 2.75) is 17.3 Å². The lowest BCUT2D eigenvalue weighted by Gasteiger charge is -2.12. The molecule has 5 rings (SSSR count). The van der Waals surface area contributed by atoms with Crippen molar-refractivity contribution >= 4 is 34.1 Å². The number of thioether (sulfide) groups is 1. The monoisotopic (exact) mass is 449 g/mol. The van der Waals surface area contributed by atoms with E-state index in [0.717, 1.165) is 39.0 Å². The molecule has 0 aliphatic rings. The predicted octanol–water partition coefficient (Wildman–Crippen LogP) is 7.02. The summed E-state index contributed by atoms with van der Waals surface area (Å²) in [6, 6.07) is 34.2. The zero-order valence-electron chi connectivity index (χ0n) is 18.2. The number of imidazole rings is 1. The molecule has 162 valence electrons. The Balaban J connectivity index is 1.40. The van der Waals surface area contributed by atoms with Crippen LogP contribution in [0.15, 0.2) is 108 Å². The van der Waals surface area contributed by atoms with Crippen molar-refractivity contribution < 1.29 is 4.79 Å². The summed E-state index contributed by atoms with van der Waals surface area (Å²) in [7, 11) is 0. The molecule has 0 aliphatic heterocycles. The number of carbonyl (C=O) groups excluding carboxylic acids is 1. The maximum absolute atomic E-state index is 13.0. The fraction of sp³-hybridized carbons (Fsp3) is 0.0714. The highest BCUT2D eigenvalue weighted by Gasteiger charge is 2.20. The van der Waals surface area contributed by atoms with Gasteiger partial charge in [0.1, 0.15) is 0 Å². The Kier molecular flexibility index (Phi) is 5.96. The summed E-state index contributed by atoms with van der Waals surface area (Å²) >= 11 is 1.42. The number of nitrogens with zero attached hydrogens (tertiary/aromatic N) is 1. The summed E-state index contributed by atoms with van der Waals surface area (Å²) < 4.78 is 0. The third kappa shape index (κ3) is 4.54. The van der Waals surface area contributed by atoms with Gasteiger partial charge in [0.05, 0.1) is 16.6 Å². The van der Waals surface area contributed by atoms with Crippen molar-refractivity contribution in [1.82, 2.24) is 9.97 Å². The van der Waals surface area contributed by atoms with Gasteiger partial charge in [-0.05, 0) is 18.4 Å². The quantitative estimate of drug-likeness (QED) is 0.274. The minimum absolute atomic E-state index is 0.0599. The van der Waals surface area contributed by atoms with E-state index in [1.807, 2.05) is 97.9 Å². The number of anilines is 1. The molecule has 0 bridgehead atoms. The fourth-order valence-corrected chi connectivity index (χ4v) is 4.62. The summed E-state index contributed by atoms with van der Waals surface area (Å²) in [5, 5.41) is 5.60. The molecule has 2 N–H and O–H groups in total. The third-order valence-electron chi connectivity index (χ3n) is 5.50. The molecule has 1 amide bonds. The van der Waals surface area contributed by atoms with Crippen molar-refractivity contribution in [1.29, 1.82) is 0 Å². The van der Waals surface area contributed by atoms with Gasteiger partial charge in [0.15, 0.2) is 5.16 Å². The van der Waals surface area contributed by atoms with Gasteiger partial charge in [0, 0.05) is 22.2 Å². The number of carbonyl (C=O) groups is 1. The molecule has 1 unspecified atom stereocenters. The number of H-pyrrole nitrogens is 1. The Morgan fingerprint density at radius 1 is 0.818 bits per heavy atom. The molecule has 5 aromatic rings. The number of aromatic nitrogens is 2. The number of fused-ring (bicyclic) bond motifs is 1. The number of hydrogen-bond donors (Lipinski definition) is 2. The van der Waals surface area contributed by atoms with Gasteiger partial charge >= 0.3 is 0 Å². The van der Waals surface area contributed by atoms with E-state index in [0.29, 0.717) is 5.16 Å². The van der Waals surface area contributed by atoms with Gasteiger partial charge in [-0.1, -0.05) is 109 Å². The average Bonchev–Trinajstić information content (AvgIpc) is 3.29. The first kappa shape index (κ1) is 21.0. The molecule has 5 heteroatoms. The van der Waals surface area contributed by atoms with Gasteiger partial charge in [0.25, 0.3) is 0 Å². The highest BCUT2D eigenvalue weighted by molar-refractivity contribution is 8.00. The minimum Gasteiger partial charge on any atom is -0.332 e. The summed E-state index contributed by atoms with van der Waals surface area (Å²) in [6.45, 7) is 1.90. The van der Waals surface area contributed by atoms with Crippen LogP contribution in [0.2, 0.25) is 0 Å². The Labute approximate surface area is 197 Å². The number of amides is 1. The van der Waals surface area contributed by atoms with E-state index in [1.54, 1.807) is 0 Å². The fourth-order valence-electron chi connectivity index (χ4n) is 3.82. The Bertz CT molecular complexity index is 1330. The SMILES string of the molecule is CC(Sc1nc(-c2ccccc2)c(-c2ccccc2)[nH]1)C(=O)Nc1cccc2ccccc12. The molecular formula is C28H23N3OS. The number of nitrogens with one attached hydrogen (secondary N) is 2. The van der Waals surface area contributed by atoms with Gasteiger partial charge in [-0.3, -0.25) is 4.79 Å². The first-order valence-electron chi connectivity index (χ1n) is 10.8. The zero-order chi connectivity index (χ0) is 22.6. The van der Waals surface area contributed by atoms with E-state index in [2.05, 4.69) is 22.4 Å². The van der Waals surface area contributed by atoms with Crippen LogP contribution in [0.1, 0.15) is 6.92 Å². The molecule has 0 radical (unpaired) electrons. The van der Waals surface area contributed by atoms with Gasteiger partial charge in [-0.25, -0.2) is 4.98 Å². The van der Waals surface area contributed by atoms with Crippen LogP contribution in [-0.2, 0) is 4.79 Å². The second kappa shape index (κ2) is 9.35. The molecular weight excluding hydrogens is 426 g/mol. The average molecular weight is 450 g/mol. The highest BCUT2D eigenvalue weighted by atomic mass is 32.2. The van der Waals surface area contributed by atoms with E-state index in [1.165, 1.54) is 11.8 Å². The minimum atomic E-state index is -0.331. The predicted molar refractivity (Wildman–Crippen MR) is 137 cm³/mol. The smallest absolute Gasteiger partial charge is 0.237 e. The molecule has 4 nitrogen and oxygen atoms in total. The van der Waals surface area contributed by atoms with Gasteiger partial charge < -0.3 is 10.3 Å². The Morgan fingerprint density at radius 3 is 2.21 bits per heavy atom. The molecule has 1 aromatic heterocycles. The summed E-state index contributed by atoms with van der Waals surface area (Å²) in [4.78, 5) is 21.3. The molecule has 0 spiro atoms. The molecule has 33 heavy (non-hydrogen) atoms. The summed E-state index contributed by atoms with van der Waals surface area (Å²) in [6.07, 6.45) is 0. The number of benzene rings is 4. The van der Waals surface area contributed by atoms with Crippen LogP contribution in [0.4, 0.5) is 5.69 Å². The van der Waals surface area contributed by atoms with Crippen molar-refractivity contribution in [2.24, 2.45) is 0 Å². The molecule has 0 aliphatic carbocycles. The van der Waals surface area contributed by atoms with Crippen LogP contribution < -0.4 is 5.32 Å². The largest absolute Gasteiger partial charge is 0.332 e. The first-order chi connectivity index (χ1) is 16.2. The molecule has 0 saturated carbocycles. The Morgan fingerprint density at radius 2 is 1.45 bits per heavy atom. The van der Waals surface area contributed by atoms with E-state index < -0.39 is 0 Å². The zero-order valence-corrected chi connectivity index (χ0v) is 19.0. The van der Waals surface area contributed by atoms with Gasteiger partial charge in [-0.15, -0.1) is 0 Å². The van der Waals surface area contributed by atoms with E-state index >= 15 is 0 Å². The van der Waals surface area contributed by atoms with Gasteiger partial charge in [0.2, 0.25) is 5.91 Å². The second-order valence-electron chi connectivity index (χ2n) is 7.77. The van der Waals surface area contributed by atoms with Gasteiger partial charge in [-0.2, -0.15) is 0 Å². The standard InChI is InChI=1S/C28H23N3OS/c1-19(27(32)29-24-18-10-16-20-11-8-9-17-23(20)24)33-28-30-25(21-12-4-2-5-13-21)26(31-28)22-14-6-3-7-15-22/h2-19H,1H3,(H,29,32)(H,30,31). The topological polar surface area (TPSA) is 57.8 Å². The van der Waals surface area contributed by atoms with Crippen molar-refractivity contribution in [3.8, 4) is 22.5 Å². The van der Waals surface area contributed by atoms with Crippen LogP contribution in [0.5, 0.6) is 0 Å². The van der Waals surface area contributed by atoms with E-state index in [4.69, 9.17) is 4.98 Å². The van der Waals surface area contributed by atoms with Crippen molar-refractivity contribution in [2.75, 3.05) is 5.32 Å². The maximum atomic E-state index is 13.0.